The molecule has 3 heteroatoms. The molecule has 1 aromatic carbocycles. The summed E-state index contributed by atoms with van der Waals surface area (Å²) in [6.07, 6.45) is 1.73. The fourth-order valence-electron chi connectivity index (χ4n) is 1.69. The number of nitrogens with one attached hydrogen (secondary N) is 2. The fraction of sp³-hybridized carbons (Fsp3) is 0.308. The van der Waals surface area contributed by atoms with Gasteiger partial charge < -0.3 is 10.3 Å². The molecule has 0 amide bonds. The second-order valence-corrected chi connectivity index (χ2v) is 4.08. The highest BCUT2D eigenvalue weighted by atomic mass is 14.9. The summed E-state index contributed by atoms with van der Waals surface area (Å²) in [7, 11) is 0. The molecule has 3 nitrogen and oxygen atoms in total. The first-order valence-corrected chi connectivity index (χ1v) is 5.47. The molecular formula is C13H17N3. The first kappa shape index (κ1) is 10.7. The zero-order valence-electron chi connectivity index (χ0n) is 9.96. The molecule has 0 bridgehead atoms. The van der Waals surface area contributed by atoms with E-state index in [1.54, 1.807) is 6.33 Å². The lowest BCUT2D eigenvalue weighted by Crippen LogP contribution is -2.03. The molecule has 0 aliphatic carbocycles. The number of benzene rings is 1. The molecule has 0 saturated heterocycles. The van der Waals surface area contributed by atoms with Crippen LogP contribution in [0.3, 0.4) is 0 Å². The lowest BCUT2D eigenvalue weighted by molar-refractivity contribution is 1.04. The summed E-state index contributed by atoms with van der Waals surface area (Å²) in [5.41, 5.74) is 5.99. The molecule has 16 heavy (non-hydrogen) atoms. The molecule has 0 saturated carbocycles. The first-order chi connectivity index (χ1) is 7.68. The SMILES string of the molecule is Cc1cccc(NCc2nc[nH]c2C)c1C. The van der Waals surface area contributed by atoms with E-state index in [2.05, 4.69) is 47.3 Å². The first-order valence-electron chi connectivity index (χ1n) is 5.47. The molecular weight excluding hydrogens is 198 g/mol. The number of hydrogen-bond donors (Lipinski definition) is 2. The van der Waals surface area contributed by atoms with Crippen LogP contribution in [0.2, 0.25) is 0 Å². The summed E-state index contributed by atoms with van der Waals surface area (Å²) in [5.74, 6) is 0. The number of nitrogens with zero attached hydrogens (tertiary/aromatic N) is 1. The van der Waals surface area contributed by atoms with Gasteiger partial charge in [-0.05, 0) is 38.0 Å². The molecule has 1 heterocycles. The van der Waals surface area contributed by atoms with Crippen molar-refractivity contribution in [2.75, 3.05) is 5.32 Å². The average molecular weight is 215 g/mol. The van der Waals surface area contributed by atoms with Gasteiger partial charge in [0, 0.05) is 11.4 Å². The van der Waals surface area contributed by atoms with Crippen molar-refractivity contribution in [2.45, 2.75) is 27.3 Å². The predicted molar refractivity (Wildman–Crippen MR) is 66.6 cm³/mol. The van der Waals surface area contributed by atoms with Crippen molar-refractivity contribution in [1.29, 1.82) is 0 Å². The highest BCUT2D eigenvalue weighted by Crippen LogP contribution is 2.18. The van der Waals surface area contributed by atoms with Gasteiger partial charge in [0.05, 0.1) is 18.6 Å². The van der Waals surface area contributed by atoms with E-state index in [1.165, 1.54) is 16.8 Å². The van der Waals surface area contributed by atoms with Crippen molar-refractivity contribution in [1.82, 2.24) is 9.97 Å². The Labute approximate surface area is 95.9 Å². The van der Waals surface area contributed by atoms with Gasteiger partial charge in [-0.2, -0.15) is 0 Å². The van der Waals surface area contributed by atoms with E-state index in [0.29, 0.717) is 0 Å². The Bertz CT molecular complexity index is 486. The molecule has 0 unspecified atom stereocenters. The number of hydrogen-bond acceptors (Lipinski definition) is 2. The third kappa shape index (κ3) is 2.08. The zero-order valence-corrected chi connectivity index (χ0v) is 9.96. The van der Waals surface area contributed by atoms with Crippen molar-refractivity contribution < 1.29 is 0 Å². The number of aromatic nitrogens is 2. The molecule has 2 rings (SSSR count). The Hall–Kier alpha value is -1.77. The molecule has 84 valence electrons. The minimum atomic E-state index is 0.764. The molecule has 1 aromatic heterocycles. The minimum Gasteiger partial charge on any atom is -0.379 e. The van der Waals surface area contributed by atoms with Gasteiger partial charge in [-0.3, -0.25) is 0 Å². The van der Waals surface area contributed by atoms with Crippen LogP contribution in [0.5, 0.6) is 0 Å². The molecule has 0 radical (unpaired) electrons. The van der Waals surface area contributed by atoms with Gasteiger partial charge >= 0.3 is 0 Å². The Kier molecular flexibility index (Phi) is 2.95. The molecule has 0 spiro atoms. The van der Waals surface area contributed by atoms with Crippen molar-refractivity contribution in [3.8, 4) is 0 Å². The molecule has 2 N–H and O–H groups in total. The zero-order chi connectivity index (χ0) is 11.5. The van der Waals surface area contributed by atoms with E-state index in [0.717, 1.165) is 17.9 Å². The minimum absolute atomic E-state index is 0.764. The van der Waals surface area contributed by atoms with Gasteiger partial charge in [-0.25, -0.2) is 4.98 Å². The van der Waals surface area contributed by atoms with Crippen molar-refractivity contribution >= 4 is 5.69 Å². The summed E-state index contributed by atoms with van der Waals surface area (Å²) < 4.78 is 0. The lowest BCUT2D eigenvalue weighted by atomic mass is 10.1. The number of imidazole rings is 1. The van der Waals surface area contributed by atoms with Crippen LogP contribution in [-0.4, -0.2) is 9.97 Å². The molecule has 0 aliphatic rings. The van der Waals surface area contributed by atoms with Gasteiger partial charge in [0.2, 0.25) is 0 Å². The normalized spacial score (nSPS) is 10.4. The van der Waals surface area contributed by atoms with Crippen LogP contribution in [0.4, 0.5) is 5.69 Å². The summed E-state index contributed by atoms with van der Waals surface area (Å²) in [4.78, 5) is 7.34. The van der Waals surface area contributed by atoms with Crippen LogP contribution in [0.1, 0.15) is 22.5 Å². The van der Waals surface area contributed by atoms with E-state index in [4.69, 9.17) is 0 Å². The van der Waals surface area contributed by atoms with Gasteiger partial charge in [-0.15, -0.1) is 0 Å². The standard InChI is InChI=1S/C13H17N3/c1-9-5-4-6-12(10(9)2)14-7-13-11(3)15-8-16-13/h4-6,8,14H,7H2,1-3H3,(H,15,16). The quantitative estimate of drug-likeness (QED) is 0.826. The summed E-state index contributed by atoms with van der Waals surface area (Å²) in [6, 6.07) is 6.30. The average Bonchev–Trinajstić information content (AvgIpc) is 2.67. The Morgan fingerprint density at radius 1 is 1.25 bits per heavy atom. The molecule has 0 atom stereocenters. The van der Waals surface area contributed by atoms with E-state index in [1.807, 2.05) is 6.92 Å². The maximum atomic E-state index is 4.26. The number of H-pyrrole nitrogens is 1. The van der Waals surface area contributed by atoms with Crippen LogP contribution >= 0.6 is 0 Å². The topological polar surface area (TPSA) is 40.7 Å². The van der Waals surface area contributed by atoms with Crippen LogP contribution in [0, 0.1) is 20.8 Å². The van der Waals surface area contributed by atoms with Gasteiger partial charge in [-0.1, -0.05) is 12.1 Å². The van der Waals surface area contributed by atoms with Crippen LogP contribution in [-0.2, 0) is 6.54 Å². The summed E-state index contributed by atoms with van der Waals surface area (Å²) in [5, 5.41) is 3.41. The highest BCUT2D eigenvalue weighted by Gasteiger charge is 2.03. The number of anilines is 1. The summed E-state index contributed by atoms with van der Waals surface area (Å²) >= 11 is 0. The maximum absolute atomic E-state index is 4.26. The highest BCUT2D eigenvalue weighted by molar-refractivity contribution is 5.53. The van der Waals surface area contributed by atoms with E-state index >= 15 is 0 Å². The summed E-state index contributed by atoms with van der Waals surface area (Å²) in [6.45, 7) is 7.06. The maximum Gasteiger partial charge on any atom is 0.0925 e. The van der Waals surface area contributed by atoms with E-state index in [-0.39, 0.29) is 0 Å². The monoisotopic (exact) mass is 215 g/mol. The molecule has 0 aliphatic heterocycles. The second-order valence-electron chi connectivity index (χ2n) is 4.08. The number of aromatic amines is 1. The van der Waals surface area contributed by atoms with Crippen molar-refractivity contribution in [3.05, 3.63) is 47.0 Å². The van der Waals surface area contributed by atoms with Crippen molar-refractivity contribution in [2.24, 2.45) is 0 Å². The Balaban J connectivity index is 2.11. The number of aryl methyl sites for hydroxylation is 2. The third-order valence-electron chi connectivity index (χ3n) is 2.99. The second kappa shape index (κ2) is 4.39. The van der Waals surface area contributed by atoms with E-state index in [9.17, 15) is 0 Å². The number of rotatable bonds is 3. The largest absolute Gasteiger partial charge is 0.379 e. The van der Waals surface area contributed by atoms with Crippen LogP contribution < -0.4 is 5.32 Å². The smallest absolute Gasteiger partial charge is 0.0925 e. The molecule has 2 aromatic rings. The van der Waals surface area contributed by atoms with Crippen molar-refractivity contribution in [3.63, 3.8) is 0 Å². The van der Waals surface area contributed by atoms with Gasteiger partial charge in [0.15, 0.2) is 0 Å². The third-order valence-corrected chi connectivity index (χ3v) is 2.99. The fourth-order valence-corrected chi connectivity index (χ4v) is 1.69. The molecule has 0 fully saturated rings. The lowest BCUT2D eigenvalue weighted by Gasteiger charge is -2.10. The van der Waals surface area contributed by atoms with Crippen LogP contribution in [0.25, 0.3) is 0 Å². The van der Waals surface area contributed by atoms with E-state index < -0.39 is 0 Å². The Morgan fingerprint density at radius 3 is 2.75 bits per heavy atom. The predicted octanol–water partition coefficient (Wildman–Crippen LogP) is 2.95. The van der Waals surface area contributed by atoms with Gasteiger partial charge in [0.25, 0.3) is 0 Å². The Morgan fingerprint density at radius 2 is 2.06 bits per heavy atom. The van der Waals surface area contributed by atoms with Gasteiger partial charge in [0.1, 0.15) is 0 Å². The van der Waals surface area contributed by atoms with Crippen LogP contribution in [0.15, 0.2) is 24.5 Å².